The zero-order chi connectivity index (χ0) is 34.0. The van der Waals surface area contributed by atoms with Gasteiger partial charge in [-0.3, -0.25) is 9.52 Å². The van der Waals surface area contributed by atoms with Crippen LogP contribution in [0.15, 0.2) is 47.5 Å². The molecule has 0 unspecified atom stereocenters. The molecule has 0 saturated carbocycles. The second kappa shape index (κ2) is 13.2. The van der Waals surface area contributed by atoms with Gasteiger partial charge >= 0.3 is 12.1 Å². The number of carboxylic acids is 1. The minimum Gasteiger partial charge on any atom is -0.481 e. The highest BCUT2D eigenvalue weighted by atomic mass is 32.2. The highest BCUT2D eigenvalue weighted by Gasteiger charge is 2.38. The lowest BCUT2D eigenvalue weighted by Crippen LogP contribution is -2.20. The van der Waals surface area contributed by atoms with Crippen LogP contribution >= 0.6 is 11.3 Å². The van der Waals surface area contributed by atoms with E-state index in [-0.39, 0.29) is 34.7 Å². The van der Waals surface area contributed by atoms with Gasteiger partial charge in [0, 0.05) is 24.6 Å². The largest absolute Gasteiger partial charge is 0.481 e. The van der Waals surface area contributed by atoms with Gasteiger partial charge in [-0.25, -0.2) is 36.5 Å². The molecule has 0 fully saturated rings. The van der Waals surface area contributed by atoms with Gasteiger partial charge in [0.2, 0.25) is 5.95 Å². The summed E-state index contributed by atoms with van der Waals surface area (Å²) in [7, 11) is -5.16. The Morgan fingerprint density at radius 2 is 1.72 bits per heavy atom. The molecule has 0 aliphatic heterocycles. The molecule has 2 heterocycles. The second-order valence-electron chi connectivity index (χ2n) is 11.0. The molecule has 0 amide bonds. The summed E-state index contributed by atoms with van der Waals surface area (Å²) < 4.78 is 113. The smallest absolute Gasteiger partial charge is 0.417 e. The Hall–Kier alpha value is -4.25. The molecule has 246 valence electrons. The monoisotopic (exact) mass is 687 g/mol. The molecule has 9 nitrogen and oxygen atoms in total. The Bertz CT molecular complexity index is 1870. The van der Waals surface area contributed by atoms with Crippen molar-refractivity contribution < 1.29 is 44.7 Å². The number of thiazole rings is 1. The van der Waals surface area contributed by atoms with E-state index in [1.54, 1.807) is 4.72 Å². The van der Waals surface area contributed by atoms with Crippen molar-refractivity contribution in [3.05, 3.63) is 70.6 Å². The van der Waals surface area contributed by atoms with Gasteiger partial charge in [-0.1, -0.05) is 20.8 Å². The summed E-state index contributed by atoms with van der Waals surface area (Å²) >= 11 is 1.07. The van der Waals surface area contributed by atoms with Crippen LogP contribution in [0.2, 0.25) is 0 Å². The maximum Gasteiger partial charge on any atom is 0.417 e. The van der Waals surface area contributed by atoms with Gasteiger partial charge in [-0.2, -0.15) is 13.2 Å². The molecule has 4 aromatic rings. The summed E-state index contributed by atoms with van der Waals surface area (Å²) in [5.74, 6) is -4.73. The van der Waals surface area contributed by atoms with Gasteiger partial charge in [-0.15, -0.1) is 11.3 Å². The van der Waals surface area contributed by atoms with Crippen LogP contribution < -0.4 is 10.0 Å². The Labute approximate surface area is 263 Å². The van der Waals surface area contributed by atoms with Crippen LogP contribution in [0.1, 0.15) is 50.6 Å². The predicted molar refractivity (Wildman–Crippen MR) is 159 cm³/mol. The van der Waals surface area contributed by atoms with Crippen LogP contribution in [-0.4, -0.2) is 41.0 Å². The first-order chi connectivity index (χ1) is 21.4. The van der Waals surface area contributed by atoms with E-state index in [1.807, 2.05) is 20.8 Å². The average Bonchev–Trinajstić information content (AvgIpc) is 3.40. The van der Waals surface area contributed by atoms with Crippen molar-refractivity contribution in [1.29, 1.82) is 0 Å². The number of rotatable bonds is 11. The maximum atomic E-state index is 16.1. The minimum atomic E-state index is -5.26. The molecule has 46 heavy (non-hydrogen) atoms. The van der Waals surface area contributed by atoms with Crippen molar-refractivity contribution >= 4 is 39.0 Å². The number of hydrogen-bond donors (Lipinski definition) is 3. The summed E-state index contributed by atoms with van der Waals surface area (Å²) in [4.78, 5) is 22.6. The highest BCUT2D eigenvalue weighted by molar-refractivity contribution is 7.92. The molecule has 0 aliphatic rings. The Morgan fingerprint density at radius 3 is 2.37 bits per heavy atom. The Balaban J connectivity index is 1.77. The zero-order valence-corrected chi connectivity index (χ0v) is 26.1. The van der Waals surface area contributed by atoms with Gasteiger partial charge in [0.05, 0.1) is 43.0 Å². The Morgan fingerprint density at radius 1 is 1.00 bits per heavy atom. The predicted octanol–water partition coefficient (Wildman–Crippen LogP) is 7.47. The third-order valence-electron chi connectivity index (χ3n) is 6.37. The number of nitrogens with one attached hydrogen (secondary N) is 2. The molecule has 2 aromatic carbocycles. The van der Waals surface area contributed by atoms with Crippen molar-refractivity contribution in [2.24, 2.45) is 0 Å². The van der Waals surface area contributed by atoms with Crippen LogP contribution in [0.5, 0.6) is 0 Å². The number of hydrogen-bond acceptors (Lipinski definition) is 8. The van der Waals surface area contributed by atoms with Gasteiger partial charge in [0.25, 0.3) is 10.0 Å². The molecular formula is C29H27F6N5O4S2. The fraction of sp³-hybridized carbons (Fsp3) is 0.310. The van der Waals surface area contributed by atoms with Crippen molar-refractivity contribution in [1.82, 2.24) is 15.0 Å². The number of carbonyl (C=O) groups is 1. The normalized spacial score (nSPS) is 12.3. The van der Waals surface area contributed by atoms with Gasteiger partial charge < -0.3 is 10.4 Å². The van der Waals surface area contributed by atoms with Gasteiger partial charge in [0.1, 0.15) is 11.6 Å². The van der Waals surface area contributed by atoms with E-state index in [9.17, 15) is 30.8 Å². The quantitative estimate of drug-likeness (QED) is 0.109. The van der Waals surface area contributed by atoms with E-state index in [0.717, 1.165) is 17.4 Å². The van der Waals surface area contributed by atoms with E-state index in [4.69, 9.17) is 5.11 Å². The van der Waals surface area contributed by atoms with E-state index in [2.05, 4.69) is 20.3 Å². The van der Waals surface area contributed by atoms with Crippen molar-refractivity contribution in [2.45, 2.75) is 56.5 Å². The summed E-state index contributed by atoms with van der Waals surface area (Å²) in [6.07, 6.45) is -2.97. The number of carboxylic acid groups (broad SMARTS) is 1. The molecule has 0 aliphatic carbocycles. The molecule has 0 radical (unpaired) electrons. The number of nitrogens with zero attached hydrogens (tertiary/aromatic N) is 3. The highest BCUT2D eigenvalue weighted by Crippen LogP contribution is 2.43. The van der Waals surface area contributed by atoms with Gasteiger partial charge in [0.15, 0.2) is 5.82 Å². The third-order valence-corrected chi connectivity index (χ3v) is 9.29. The molecule has 2 aromatic heterocycles. The first-order valence-corrected chi connectivity index (χ1v) is 15.9. The number of halogens is 6. The van der Waals surface area contributed by atoms with E-state index in [0.29, 0.717) is 42.6 Å². The number of alkyl halides is 3. The van der Waals surface area contributed by atoms with E-state index < -0.39 is 66.7 Å². The fourth-order valence-corrected chi connectivity index (χ4v) is 6.53. The number of anilines is 2. The number of aliphatic carboxylic acids is 1. The number of benzene rings is 2. The number of aromatic nitrogens is 3. The minimum absolute atomic E-state index is 0.00249. The molecular weight excluding hydrogens is 660 g/mol. The molecule has 0 saturated heterocycles. The van der Waals surface area contributed by atoms with Crippen LogP contribution in [0.3, 0.4) is 0 Å². The first-order valence-electron chi connectivity index (χ1n) is 13.6. The first kappa shape index (κ1) is 34.6. The van der Waals surface area contributed by atoms with Crippen molar-refractivity contribution in [2.75, 3.05) is 16.6 Å². The standard InChI is InChI=1S/C29H27F6N5O4S2/c1-28(2,3)26-39-24(25(45-26)19-11-13-37-27(38-19)36-12-5-4-6-21(41)42)22-17(31)8-9-18(23(22)32)40-46(43,44)20-10-7-15(30)14-16(20)29(33,34)35/h7-11,13-14,40H,4-6,12H2,1-3H3,(H,41,42)(H,36,37,38). The zero-order valence-electron chi connectivity index (χ0n) is 24.5. The fourth-order valence-electron chi connectivity index (χ4n) is 4.16. The molecule has 0 atom stereocenters. The molecule has 0 bridgehead atoms. The third kappa shape index (κ3) is 7.93. The molecule has 3 N–H and O–H groups in total. The van der Waals surface area contributed by atoms with E-state index in [1.165, 1.54) is 12.3 Å². The van der Waals surface area contributed by atoms with Crippen LogP contribution in [0.4, 0.5) is 38.0 Å². The Kier molecular flexibility index (Phi) is 9.96. The lowest BCUT2D eigenvalue weighted by atomic mass is 9.98. The van der Waals surface area contributed by atoms with E-state index >= 15 is 8.78 Å². The average molecular weight is 688 g/mol. The summed E-state index contributed by atoms with van der Waals surface area (Å²) in [5, 5.41) is 12.2. The van der Waals surface area contributed by atoms with Crippen molar-refractivity contribution in [3.8, 4) is 21.8 Å². The molecule has 0 spiro atoms. The second-order valence-corrected chi connectivity index (χ2v) is 13.7. The summed E-state index contributed by atoms with van der Waals surface area (Å²) in [5.41, 5.74) is -4.10. The number of sulfonamides is 1. The lowest BCUT2D eigenvalue weighted by molar-refractivity contribution is -0.140. The summed E-state index contributed by atoms with van der Waals surface area (Å²) in [6, 6.07) is 3.80. The van der Waals surface area contributed by atoms with Crippen molar-refractivity contribution in [3.63, 3.8) is 0 Å². The van der Waals surface area contributed by atoms with Crippen LogP contribution in [-0.2, 0) is 26.4 Å². The van der Waals surface area contributed by atoms with Crippen LogP contribution in [0.25, 0.3) is 21.8 Å². The number of unbranched alkanes of at least 4 members (excludes halogenated alkanes) is 1. The maximum absolute atomic E-state index is 16.1. The molecule has 17 heteroatoms. The summed E-state index contributed by atoms with van der Waals surface area (Å²) in [6.45, 7) is 5.76. The SMILES string of the molecule is CC(C)(C)c1nc(-c2c(F)ccc(NS(=O)(=O)c3ccc(F)cc3C(F)(F)F)c2F)c(-c2ccnc(NCCCCC(=O)O)n2)s1. The topological polar surface area (TPSA) is 134 Å². The van der Waals surface area contributed by atoms with Gasteiger partial charge in [-0.05, 0) is 49.2 Å². The molecule has 4 rings (SSSR count). The van der Waals surface area contributed by atoms with Crippen LogP contribution in [0, 0.1) is 17.5 Å². The lowest BCUT2D eigenvalue weighted by Gasteiger charge is -2.16.